The number of anilines is 1. The lowest BCUT2D eigenvalue weighted by atomic mass is 10.0. The highest BCUT2D eigenvalue weighted by molar-refractivity contribution is 6.36. The number of imidazole rings is 1. The largest absolute Gasteiger partial charge is 0.416 e. The van der Waals surface area contributed by atoms with E-state index < -0.39 is 11.7 Å². The standard InChI is InChI=1S/C26H22Cl2F3N3O/c27-18-9-10-22(21(28)15-18)32-13-11-19(12-14-32)34-24-8-4-3-7-23(24)33(25(34)35)16-17-5-1-2-6-20(17)26(29,30)31/h1-10,15,19H,11-14,16H2. The second-order valence-electron chi connectivity index (χ2n) is 8.70. The van der Waals surface area contributed by atoms with E-state index in [0.717, 1.165) is 17.3 Å². The van der Waals surface area contributed by atoms with Crippen LogP contribution < -0.4 is 10.6 Å². The maximum Gasteiger partial charge on any atom is 0.416 e. The first-order valence-corrected chi connectivity index (χ1v) is 12.0. The quantitative estimate of drug-likeness (QED) is 0.290. The molecule has 0 bridgehead atoms. The van der Waals surface area contributed by atoms with Gasteiger partial charge in [0.25, 0.3) is 0 Å². The molecular formula is C26H22Cl2F3N3O. The van der Waals surface area contributed by atoms with Gasteiger partial charge >= 0.3 is 11.9 Å². The van der Waals surface area contributed by atoms with Crippen molar-refractivity contribution in [3.05, 3.63) is 98.4 Å². The minimum absolute atomic E-state index is 0.0669. The smallest absolute Gasteiger partial charge is 0.370 e. The molecule has 4 nitrogen and oxygen atoms in total. The number of aromatic nitrogens is 2. The van der Waals surface area contributed by atoms with Crippen molar-refractivity contribution >= 4 is 39.9 Å². The highest BCUT2D eigenvalue weighted by Gasteiger charge is 2.33. The lowest BCUT2D eigenvalue weighted by Crippen LogP contribution is -2.38. The number of piperidine rings is 1. The average molecular weight is 520 g/mol. The maximum absolute atomic E-state index is 13.6. The number of benzene rings is 3. The van der Waals surface area contributed by atoms with Gasteiger partial charge in [0, 0.05) is 24.2 Å². The highest BCUT2D eigenvalue weighted by Crippen LogP contribution is 2.35. The molecular weight excluding hydrogens is 498 g/mol. The van der Waals surface area contributed by atoms with Crippen LogP contribution in [0.4, 0.5) is 18.9 Å². The molecule has 0 N–H and O–H groups in total. The van der Waals surface area contributed by atoms with Gasteiger partial charge in [0.2, 0.25) is 0 Å². The van der Waals surface area contributed by atoms with Gasteiger partial charge in [0.1, 0.15) is 0 Å². The normalized spacial score (nSPS) is 15.2. The molecule has 0 spiro atoms. The first kappa shape index (κ1) is 23.8. The predicted molar refractivity (Wildman–Crippen MR) is 134 cm³/mol. The van der Waals surface area contributed by atoms with Crippen LogP contribution in [0.1, 0.15) is 30.0 Å². The van der Waals surface area contributed by atoms with Crippen molar-refractivity contribution < 1.29 is 13.2 Å². The van der Waals surface area contributed by atoms with E-state index in [0.29, 0.717) is 41.5 Å². The SMILES string of the molecule is O=c1n(Cc2ccccc2C(F)(F)F)c2ccccc2n1C1CCN(c2ccc(Cl)cc2Cl)CC1. The van der Waals surface area contributed by atoms with Crippen LogP contribution in [0, 0.1) is 0 Å². The second kappa shape index (κ2) is 9.28. The van der Waals surface area contributed by atoms with Crippen LogP contribution in [-0.2, 0) is 12.7 Å². The summed E-state index contributed by atoms with van der Waals surface area (Å²) in [4.78, 5) is 15.8. The van der Waals surface area contributed by atoms with Gasteiger partial charge in [-0.15, -0.1) is 0 Å². The van der Waals surface area contributed by atoms with Gasteiger partial charge < -0.3 is 4.90 Å². The predicted octanol–water partition coefficient (Wildman–Crippen LogP) is 7.02. The van der Waals surface area contributed by atoms with Gasteiger partial charge in [-0.1, -0.05) is 53.5 Å². The Balaban J connectivity index is 1.47. The van der Waals surface area contributed by atoms with Crippen molar-refractivity contribution in [2.45, 2.75) is 31.6 Å². The average Bonchev–Trinajstić information content (AvgIpc) is 3.10. The summed E-state index contributed by atoms with van der Waals surface area (Å²) in [5.74, 6) is 0. The van der Waals surface area contributed by atoms with E-state index in [1.165, 1.54) is 16.7 Å². The first-order valence-electron chi connectivity index (χ1n) is 11.3. The van der Waals surface area contributed by atoms with Crippen molar-refractivity contribution in [1.29, 1.82) is 0 Å². The fraction of sp³-hybridized carbons (Fsp3) is 0.269. The minimum atomic E-state index is -4.49. The highest BCUT2D eigenvalue weighted by atomic mass is 35.5. The second-order valence-corrected chi connectivity index (χ2v) is 9.54. The Labute approximate surface area is 210 Å². The Kier molecular flexibility index (Phi) is 6.32. The Morgan fingerprint density at radius 1 is 0.886 bits per heavy atom. The molecule has 9 heteroatoms. The van der Waals surface area contributed by atoms with Gasteiger partial charge in [0.05, 0.1) is 33.9 Å². The molecule has 1 saturated heterocycles. The molecule has 1 aliphatic heterocycles. The van der Waals surface area contributed by atoms with Crippen LogP contribution in [0.2, 0.25) is 10.0 Å². The van der Waals surface area contributed by atoms with E-state index in [2.05, 4.69) is 4.90 Å². The maximum atomic E-state index is 13.6. The number of rotatable bonds is 4. The first-order chi connectivity index (χ1) is 16.7. The fourth-order valence-electron chi connectivity index (χ4n) is 4.95. The van der Waals surface area contributed by atoms with Gasteiger partial charge in [-0.05, 0) is 54.8 Å². The van der Waals surface area contributed by atoms with E-state index in [1.54, 1.807) is 34.9 Å². The minimum Gasteiger partial charge on any atom is -0.370 e. The van der Waals surface area contributed by atoms with E-state index in [9.17, 15) is 18.0 Å². The van der Waals surface area contributed by atoms with Crippen molar-refractivity contribution in [1.82, 2.24) is 9.13 Å². The molecule has 35 heavy (non-hydrogen) atoms. The van der Waals surface area contributed by atoms with E-state index in [1.807, 2.05) is 18.2 Å². The molecule has 0 aliphatic carbocycles. The third-order valence-corrected chi connectivity index (χ3v) is 7.14. The Morgan fingerprint density at radius 2 is 1.54 bits per heavy atom. The molecule has 0 atom stereocenters. The number of hydrogen-bond donors (Lipinski definition) is 0. The monoisotopic (exact) mass is 519 g/mol. The summed E-state index contributed by atoms with van der Waals surface area (Å²) in [6, 6.07) is 18.0. The van der Waals surface area contributed by atoms with Crippen molar-refractivity contribution in [2.24, 2.45) is 0 Å². The number of halogens is 5. The zero-order chi connectivity index (χ0) is 24.7. The van der Waals surface area contributed by atoms with Crippen molar-refractivity contribution in [2.75, 3.05) is 18.0 Å². The van der Waals surface area contributed by atoms with Crippen molar-refractivity contribution in [3.63, 3.8) is 0 Å². The van der Waals surface area contributed by atoms with Crippen LogP contribution >= 0.6 is 23.2 Å². The number of para-hydroxylation sites is 2. The van der Waals surface area contributed by atoms with Crippen LogP contribution in [0.5, 0.6) is 0 Å². The Morgan fingerprint density at radius 3 is 2.23 bits per heavy atom. The van der Waals surface area contributed by atoms with Gasteiger partial charge in [-0.2, -0.15) is 13.2 Å². The van der Waals surface area contributed by atoms with E-state index >= 15 is 0 Å². The summed E-state index contributed by atoms with van der Waals surface area (Å²) in [7, 11) is 0. The lowest BCUT2D eigenvalue weighted by Gasteiger charge is -2.34. The molecule has 1 aliphatic rings. The van der Waals surface area contributed by atoms with Crippen LogP contribution in [-0.4, -0.2) is 22.2 Å². The van der Waals surface area contributed by atoms with Crippen LogP contribution in [0.25, 0.3) is 11.0 Å². The van der Waals surface area contributed by atoms with Crippen LogP contribution in [0.3, 0.4) is 0 Å². The molecule has 4 aromatic rings. The number of nitrogens with zero attached hydrogens (tertiary/aromatic N) is 3. The number of alkyl halides is 3. The summed E-state index contributed by atoms with van der Waals surface area (Å²) in [6.45, 7) is 1.23. The zero-order valence-corrected chi connectivity index (χ0v) is 20.1. The number of fused-ring (bicyclic) bond motifs is 1. The van der Waals surface area contributed by atoms with Crippen molar-refractivity contribution in [3.8, 4) is 0 Å². The molecule has 182 valence electrons. The molecule has 0 unspecified atom stereocenters. The molecule has 0 saturated carbocycles. The third-order valence-electron chi connectivity index (χ3n) is 6.60. The molecule has 3 aromatic carbocycles. The summed E-state index contributed by atoms with van der Waals surface area (Å²) in [5, 5.41) is 1.15. The zero-order valence-electron chi connectivity index (χ0n) is 18.6. The Bertz CT molecular complexity index is 1440. The topological polar surface area (TPSA) is 30.2 Å². The van der Waals surface area contributed by atoms with Gasteiger partial charge in [0.15, 0.2) is 0 Å². The van der Waals surface area contributed by atoms with Gasteiger partial charge in [-0.25, -0.2) is 4.79 Å². The van der Waals surface area contributed by atoms with Crippen LogP contribution in [0.15, 0.2) is 71.5 Å². The molecule has 1 fully saturated rings. The summed E-state index contributed by atoms with van der Waals surface area (Å²) in [5.41, 5.74) is 1.29. The molecule has 5 rings (SSSR count). The Hall–Kier alpha value is -2.90. The molecule has 0 amide bonds. The molecule has 0 radical (unpaired) electrons. The van der Waals surface area contributed by atoms with E-state index in [-0.39, 0.29) is 23.8 Å². The summed E-state index contributed by atoms with van der Waals surface area (Å²) in [6.07, 6.45) is -3.09. The molecule has 1 aromatic heterocycles. The third kappa shape index (κ3) is 4.55. The summed E-state index contributed by atoms with van der Waals surface area (Å²) < 4.78 is 43.9. The van der Waals surface area contributed by atoms with E-state index in [4.69, 9.17) is 23.2 Å². The lowest BCUT2D eigenvalue weighted by molar-refractivity contribution is -0.138. The summed E-state index contributed by atoms with van der Waals surface area (Å²) >= 11 is 12.4. The van der Waals surface area contributed by atoms with Gasteiger partial charge in [-0.3, -0.25) is 9.13 Å². The number of hydrogen-bond acceptors (Lipinski definition) is 2. The molecule has 2 heterocycles. The fourth-order valence-corrected chi connectivity index (χ4v) is 5.47.